The lowest BCUT2D eigenvalue weighted by molar-refractivity contribution is 0.322. The number of pyridine rings is 1. The van der Waals surface area contributed by atoms with Crippen LogP contribution in [0.15, 0.2) is 23.5 Å². The summed E-state index contributed by atoms with van der Waals surface area (Å²) in [6.07, 6.45) is 6.94. The number of nitrogens with zero attached hydrogens (tertiary/aromatic N) is 3. The quantitative estimate of drug-likeness (QED) is 0.455. The molecule has 1 aromatic heterocycles. The van der Waals surface area contributed by atoms with E-state index in [4.69, 9.17) is 5.21 Å². The Bertz CT molecular complexity index is 328. The molecule has 15 heavy (non-hydrogen) atoms. The molecule has 0 spiro atoms. The lowest BCUT2D eigenvalue weighted by atomic mass is 10.1. The molecular formula is C11H15N3O. The summed E-state index contributed by atoms with van der Waals surface area (Å²) in [4.78, 5) is 6.64. The van der Waals surface area contributed by atoms with E-state index in [-0.39, 0.29) is 0 Å². The van der Waals surface area contributed by atoms with Gasteiger partial charge in [-0.05, 0) is 31.4 Å². The van der Waals surface area contributed by atoms with E-state index in [0.29, 0.717) is 0 Å². The van der Waals surface area contributed by atoms with Gasteiger partial charge >= 0.3 is 0 Å². The number of anilines is 1. The summed E-state index contributed by atoms with van der Waals surface area (Å²) in [7, 11) is 0. The van der Waals surface area contributed by atoms with E-state index in [9.17, 15) is 0 Å². The Hall–Kier alpha value is -1.58. The third-order valence-corrected chi connectivity index (χ3v) is 2.66. The minimum Gasteiger partial charge on any atom is -0.411 e. The Morgan fingerprint density at radius 3 is 2.67 bits per heavy atom. The molecule has 1 aliphatic heterocycles. The molecule has 0 saturated carbocycles. The van der Waals surface area contributed by atoms with Crippen molar-refractivity contribution in [3.8, 4) is 0 Å². The first kappa shape index (κ1) is 9.96. The van der Waals surface area contributed by atoms with Crippen LogP contribution < -0.4 is 4.90 Å². The van der Waals surface area contributed by atoms with Crippen molar-refractivity contribution < 1.29 is 5.21 Å². The average molecular weight is 205 g/mol. The molecule has 1 aliphatic rings. The van der Waals surface area contributed by atoms with Crippen molar-refractivity contribution in [2.24, 2.45) is 5.16 Å². The highest BCUT2D eigenvalue weighted by Gasteiger charge is 2.11. The Morgan fingerprint density at radius 2 is 2.07 bits per heavy atom. The highest BCUT2D eigenvalue weighted by molar-refractivity contribution is 5.78. The summed E-state index contributed by atoms with van der Waals surface area (Å²) in [6, 6.07) is 3.89. The van der Waals surface area contributed by atoms with Gasteiger partial charge in [-0.15, -0.1) is 0 Å². The van der Waals surface area contributed by atoms with Gasteiger partial charge in [-0.2, -0.15) is 0 Å². The second-order valence-electron chi connectivity index (χ2n) is 3.74. The van der Waals surface area contributed by atoms with Crippen molar-refractivity contribution in [1.29, 1.82) is 0 Å². The summed E-state index contributed by atoms with van der Waals surface area (Å²) in [5, 5.41) is 11.3. The summed E-state index contributed by atoms with van der Waals surface area (Å²) in [5.74, 6) is 1.02. The Morgan fingerprint density at radius 1 is 1.27 bits per heavy atom. The molecule has 0 atom stereocenters. The van der Waals surface area contributed by atoms with Crippen LogP contribution in [-0.2, 0) is 0 Å². The maximum Gasteiger partial charge on any atom is 0.128 e. The predicted octanol–water partition coefficient (Wildman–Crippen LogP) is 1.88. The van der Waals surface area contributed by atoms with Gasteiger partial charge in [-0.25, -0.2) is 4.98 Å². The smallest absolute Gasteiger partial charge is 0.128 e. The summed E-state index contributed by atoms with van der Waals surface area (Å²) in [6.45, 7) is 2.20. The van der Waals surface area contributed by atoms with E-state index in [2.05, 4.69) is 15.0 Å². The van der Waals surface area contributed by atoms with E-state index in [0.717, 1.165) is 24.5 Å². The molecule has 1 fully saturated rings. The zero-order valence-electron chi connectivity index (χ0n) is 8.63. The minimum absolute atomic E-state index is 0.818. The number of piperidine rings is 1. The van der Waals surface area contributed by atoms with Crippen LogP contribution in [-0.4, -0.2) is 29.5 Å². The molecule has 0 bridgehead atoms. The van der Waals surface area contributed by atoms with Gasteiger partial charge in [0.1, 0.15) is 5.82 Å². The van der Waals surface area contributed by atoms with Crippen LogP contribution in [0, 0.1) is 0 Å². The first-order chi connectivity index (χ1) is 7.40. The minimum atomic E-state index is 0.818. The van der Waals surface area contributed by atoms with Crippen LogP contribution in [0.1, 0.15) is 24.8 Å². The molecule has 0 aliphatic carbocycles. The number of oxime groups is 1. The lowest BCUT2D eigenvalue weighted by Gasteiger charge is -2.27. The van der Waals surface area contributed by atoms with Crippen LogP contribution in [0.5, 0.6) is 0 Å². The van der Waals surface area contributed by atoms with Crippen LogP contribution >= 0.6 is 0 Å². The van der Waals surface area contributed by atoms with E-state index in [1.54, 1.807) is 6.20 Å². The third kappa shape index (κ3) is 2.46. The van der Waals surface area contributed by atoms with E-state index in [1.165, 1.54) is 25.5 Å². The SMILES string of the molecule is O/N=C/c1ccc(N2CCCCC2)nc1. The van der Waals surface area contributed by atoms with Gasteiger partial charge in [0.15, 0.2) is 0 Å². The molecule has 1 aromatic rings. The molecule has 2 rings (SSSR count). The van der Waals surface area contributed by atoms with Crippen LogP contribution in [0.2, 0.25) is 0 Å². The molecule has 4 nitrogen and oxygen atoms in total. The molecule has 2 heterocycles. The summed E-state index contributed by atoms with van der Waals surface area (Å²) >= 11 is 0. The molecule has 0 amide bonds. The number of rotatable bonds is 2. The van der Waals surface area contributed by atoms with Crippen molar-refractivity contribution in [2.45, 2.75) is 19.3 Å². The monoisotopic (exact) mass is 205 g/mol. The second kappa shape index (κ2) is 4.77. The van der Waals surface area contributed by atoms with E-state index in [1.807, 2.05) is 12.1 Å². The summed E-state index contributed by atoms with van der Waals surface area (Å²) in [5.41, 5.74) is 0.818. The van der Waals surface area contributed by atoms with Gasteiger partial charge in [0.2, 0.25) is 0 Å². The van der Waals surface area contributed by atoms with Crippen molar-refractivity contribution in [1.82, 2.24) is 4.98 Å². The number of aromatic nitrogens is 1. The van der Waals surface area contributed by atoms with Gasteiger partial charge in [-0.3, -0.25) is 0 Å². The van der Waals surface area contributed by atoms with E-state index >= 15 is 0 Å². The fraction of sp³-hybridized carbons (Fsp3) is 0.455. The van der Waals surface area contributed by atoms with Crippen molar-refractivity contribution in [2.75, 3.05) is 18.0 Å². The average Bonchev–Trinajstić information content (AvgIpc) is 2.32. The fourth-order valence-corrected chi connectivity index (χ4v) is 1.85. The zero-order chi connectivity index (χ0) is 10.5. The zero-order valence-corrected chi connectivity index (χ0v) is 8.63. The molecule has 1 N–H and O–H groups in total. The number of hydrogen-bond donors (Lipinski definition) is 1. The van der Waals surface area contributed by atoms with Crippen molar-refractivity contribution in [3.05, 3.63) is 23.9 Å². The highest BCUT2D eigenvalue weighted by Crippen LogP contribution is 2.16. The second-order valence-corrected chi connectivity index (χ2v) is 3.74. The molecule has 0 unspecified atom stereocenters. The third-order valence-electron chi connectivity index (χ3n) is 2.66. The topological polar surface area (TPSA) is 48.7 Å². The lowest BCUT2D eigenvalue weighted by Crippen LogP contribution is -2.30. The maximum atomic E-state index is 8.37. The van der Waals surface area contributed by atoms with Gasteiger partial charge < -0.3 is 10.1 Å². The largest absolute Gasteiger partial charge is 0.411 e. The number of hydrogen-bond acceptors (Lipinski definition) is 4. The fourth-order valence-electron chi connectivity index (χ4n) is 1.85. The highest BCUT2D eigenvalue weighted by atomic mass is 16.4. The van der Waals surface area contributed by atoms with Gasteiger partial charge in [0.05, 0.1) is 6.21 Å². The van der Waals surface area contributed by atoms with Gasteiger partial charge in [-0.1, -0.05) is 5.16 Å². The van der Waals surface area contributed by atoms with Gasteiger partial charge in [0.25, 0.3) is 0 Å². The first-order valence-corrected chi connectivity index (χ1v) is 5.28. The predicted molar refractivity (Wildman–Crippen MR) is 59.7 cm³/mol. The molecule has 80 valence electrons. The summed E-state index contributed by atoms with van der Waals surface area (Å²) < 4.78 is 0. The first-order valence-electron chi connectivity index (χ1n) is 5.28. The van der Waals surface area contributed by atoms with Crippen molar-refractivity contribution >= 4 is 12.0 Å². The van der Waals surface area contributed by atoms with Crippen LogP contribution in [0.3, 0.4) is 0 Å². The molecular weight excluding hydrogens is 190 g/mol. The molecule has 1 saturated heterocycles. The molecule has 0 aromatic carbocycles. The van der Waals surface area contributed by atoms with Gasteiger partial charge in [0, 0.05) is 24.8 Å². The van der Waals surface area contributed by atoms with Crippen LogP contribution in [0.25, 0.3) is 0 Å². The molecule has 4 heteroatoms. The Labute approximate surface area is 89.2 Å². The van der Waals surface area contributed by atoms with Crippen molar-refractivity contribution in [3.63, 3.8) is 0 Å². The Balaban J connectivity index is 2.08. The molecule has 0 radical (unpaired) electrons. The van der Waals surface area contributed by atoms with Crippen LogP contribution in [0.4, 0.5) is 5.82 Å². The van der Waals surface area contributed by atoms with E-state index < -0.39 is 0 Å². The normalized spacial score (nSPS) is 17.2. The Kier molecular flexibility index (Phi) is 3.17. The standard InChI is InChI=1S/C11H15N3O/c15-13-9-10-4-5-11(12-8-10)14-6-2-1-3-7-14/h4-5,8-9,15H,1-3,6-7H2/b13-9+. The maximum absolute atomic E-state index is 8.37.